The summed E-state index contributed by atoms with van der Waals surface area (Å²) >= 11 is 1.70. The number of anilines is 2. The van der Waals surface area contributed by atoms with E-state index in [1.54, 1.807) is 11.3 Å². The SMILES string of the molecule is Nc1ccc(N2CCCCC2)s1. The van der Waals surface area contributed by atoms with Gasteiger partial charge < -0.3 is 10.6 Å². The molecule has 0 radical (unpaired) electrons. The van der Waals surface area contributed by atoms with E-state index < -0.39 is 0 Å². The number of hydrogen-bond donors (Lipinski definition) is 1. The van der Waals surface area contributed by atoms with Crippen molar-refractivity contribution in [1.29, 1.82) is 0 Å². The van der Waals surface area contributed by atoms with E-state index >= 15 is 0 Å². The van der Waals surface area contributed by atoms with Crippen LogP contribution in [0.3, 0.4) is 0 Å². The quantitative estimate of drug-likeness (QED) is 0.722. The number of nitrogens with two attached hydrogens (primary N) is 1. The van der Waals surface area contributed by atoms with Crippen LogP contribution in [-0.2, 0) is 0 Å². The second-order valence-electron chi connectivity index (χ2n) is 3.22. The standard InChI is InChI=1S/C9H14N2S/c10-8-4-5-9(12-8)11-6-2-1-3-7-11/h4-5H,1-3,6-7,10H2. The van der Waals surface area contributed by atoms with Gasteiger partial charge in [-0.25, -0.2) is 0 Å². The van der Waals surface area contributed by atoms with E-state index in [2.05, 4.69) is 11.0 Å². The number of hydrogen-bond acceptors (Lipinski definition) is 3. The van der Waals surface area contributed by atoms with Crippen molar-refractivity contribution >= 4 is 21.3 Å². The van der Waals surface area contributed by atoms with Crippen LogP contribution in [0.2, 0.25) is 0 Å². The van der Waals surface area contributed by atoms with E-state index in [1.807, 2.05) is 6.07 Å². The molecule has 3 heteroatoms. The van der Waals surface area contributed by atoms with Gasteiger partial charge in [0.05, 0.1) is 10.0 Å². The molecule has 0 aliphatic carbocycles. The molecule has 1 aliphatic rings. The Morgan fingerprint density at radius 3 is 2.50 bits per heavy atom. The van der Waals surface area contributed by atoms with Gasteiger partial charge in [0, 0.05) is 13.1 Å². The van der Waals surface area contributed by atoms with E-state index in [9.17, 15) is 0 Å². The molecule has 66 valence electrons. The Labute approximate surface area is 77.0 Å². The minimum atomic E-state index is 0.926. The molecular weight excluding hydrogens is 168 g/mol. The Kier molecular flexibility index (Phi) is 2.21. The maximum atomic E-state index is 5.68. The molecule has 1 aliphatic heterocycles. The van der Waals surface area contributed by atoms with Crippen molar-refractivity contribution in [3.8, 4) is 0 Å². The van der Waals surface area contributed by atoms with Crippen LogP contribution in [0, 0.1) is 0 Å². The van der Waals surface area contributed by atoms with Crippen LogP contribution < -0.4 is 10.6 Å². The van der Waals surface area contributed by atoms with Gasteiger partial charge in [-0.15, -0.1) is 11.3 Å². The summed E-state index contributed by atoms with van der Waals surface area (Å²) < 4.78 is 0. The predicted octanol–water partition coefficient (Wildman–Crippen LogP) is 2.32. The fraction of sp³-hybridized carbons (Fsp3) is 0.556. The Hall–Kier alpha value is -0.700. The average Bonchev–Trinajstić information content (AvgIpc) is 2.54. The molecule has 12 heavy (non-hydrogen) atoms. The van der Waals surface area contributed by atoms with Crippen molar-refractivity contribution < 1.29 is 0 Å². The third-order valence-electron chi connectivity index (χ3n) is 2.28. The molecule has 2 nitrogen and oxygen atoms in total. The molecule has 0 atom stereocenters. The highest BCUT2D eigenvalue weighted by molar-refractivity contribution is 7.19. The average molecular weight is 182 g/mol. The highest BCUT2D eigenvalue weighted by Crippen LogP contribution is 2.29. The molecule has 2 heterocycles. The summed E-state index contributed by atoms with van der Waals surface area (Å²) in [5.74, 6) is 0. The summed E-state index contributed by atoms with van der Waals surface area (Å²) in [7, 11) is 0. The number of nitrogens with zero attached hydrogens (tertiary/aromatic N) is 1. The van der Waals surface area contributed by atoms with Gasteiger partial charge in [0.25, 0.3) is 0 Å². The first-order valence-electron chi connectivity index (χ1n) is 4.46. The minimum Gasteiger partial charge on any atom is -0.391 e. The summed E-state index contributed by atoms with van der Waals surface area (Å²) in [5.41, 5.74) is 5.68. The highest BCUT2D eigenvalue weighted by Gasteiger charge is 2.11. The molecule has 0 spiro atoms. The molecular formula is C9H14N2S. The molecule has 1 saturated heterocycles. The summed E-state index contributed by atoms with van der Waals surface area (Å²) in [5, 5.41) is 2.27. The molecule has 0 bridgehead atoms. The Morgan fingerprint density at radius 2 is 1.92 bits per heavy atom. The number of piperidine rings is 1. The topological polar surface area (TPSA) is 29.3 Å². The summed E-state index contributed by atoms with van der Waals surface area (Å²) in [6.07, 6.45) is 4.05. The Bertz CT molecular complexity index is 251. The molecule has 0 aromatic carbocycles. The maximum absolute atomic E-state index is 5.68. The van der Waals surface area contributed by atoms with Crippen LogP contribution in [0.4, 0.5) is 10.0 Å². The van der Waals surface area contributed by atoms with Gasteiger partial charge in [-0.2, -0.15) is 0 Å². The van der Waals surface area contributed by atoms with Crippen molar-refractivity contribution in [3.05, 3.63) is 12.1 Å². The smallest absolute Gasteiger partial charge is 0.0930 e. The van der Waals surface area contributed by atoms with Gasteiger partial charge >= 0.3 is 0 Å². The van der Waals surface area contributed by atoms with Gasteiger partial charge in [-0.1, -0.05) is 0 Å². The van der Waals surface area contributed by atoms with E-state index in [0.717, 1.165) is 5.00 Å². The normalized spacial score (nSPS) is 18.2. The first-order valence-corrected chi connectivity index (χ1v) is 5.28. The van der Waals surface area contributed by atoms with E-state index in [-0.39, 0.29) is 0 Å². The molecule has 1 fully saturated rings. The number of thiophene rings is 1. The largest absolute Gasteiger partial charge is 0.391 e. The Morgan fingerprint density at radius 1 is 1.17 bits per heavy atom. The fourth-order valence-electron chi connectivity index (χ4n) is 1.63. The molecule has 0 amide bonds. The molecule has 2 rings (SSSR count). The summed E-state index contributed by atoms with van der Waals surface area (Å²) in [6.45, 7) is 2.42. The highest BCUT2D eigenvalue weighted by atomic mass is 32.1. The molecule has 0 saturated carbocycles. The zero-order chi connectivity index (χ0) is 8.39. The van der Waals surface area contributed by atoms with Crippen LogP contribution in [0.15, 0.2) is 12.1 Å². The number of nitrogen functional groups attached to an aromatic ring is 1. The monoisotopic (exact) mass is 182 g/mol. The van der Waals surface area contributed by atoms with Gasteiger partial charge in [0.2, 0.25) is 0 Å². The van der Waals surface area contributed by atoms with Crippen molar-refractivity contribution in [3.63, 3.8) is 0 Å². The first-order chi connectivity index (χ1) is 5.86. The fourth-order valence-corrected chi connectivity index (χ4v) is 2.45. The lowest BCUT2D eigenvalue weighted by atomic mass is 10.1. The Balaban J connectivity index is 2.08. The van der Waals surface area contributed by atoms with Crippen LogP contribution in [0.5, 0.6) is 0 Å². The second-order valence-corrected chi connectivity index (χ2v) is 4.32. The van der Waals surface area contributed by atoms with E-state index in [4.69, 9.17) is 5.73 Å². The first kappa shape index (κ1) is 7.92. The molecule has 1 aromatic rings. The number of rotatable bonds is 1. The van der Waals surface area contributed by atoms with Crippen LogP contribution >= 0.6 is 11.3 Å². The molecule has 0 unspecified atom stereocenters. The van der Waals surface area contributed by atoms with Crippen molar-refractivity contribution in [2.45, 2.75) is 19.3 Å². The van der Waals surface area contributed by atoms with Crippen molar-refractivity contribution in [2.24, 2.45) is 0 Å². The lowest BCUT2D eigenvalue weighted by molar-refractivity contribution is 0.580. The third kappa shape index (κ3) is 1.55. The van der Waals surface area contributed by atoms with Crippen LogP contribution in [-0.4, -0.2) is 13.1 Å². The van der Waals surface area contributed by atoms with E-state index in [1.165, 1.54) is 37.4 Å². The third-order valence-corrected chi connectivity index (χ3v) is 3.26. The van der Waals surface area contributed by atoms with Crippen molar-refractivity contribution in [1.82, 2.24) is 0 Å². The lowest BCUT2D eigenvalue weighted by Gasteiger charge is -2.26. The predicted molar refractivity (Wildman–Crippen MR) is 54.8 cm³/mol. The summed E-state index contributed by atoms with van der Waals surface area (Å²) in [6, 6.07) is 4.12. The second kappa shape index (κ2) is 3.35. The molecule has 1 aromatic heterocycles. The van der Waals surface area contributed by atoms with Gasteiger partial charge in [-0.05, 0) is 31.4 Å². The zero-order valence-electron chi connectivity index (χ0n) is 7.12. The minimum absolute atomic E-state index is 0.926. The van der Waals surface area contributed by atoms with Gasteiger partial charge in [-0.3, -0.25) is 0 Å². The molecule has 2 N–H and O–H groups in total. The van der Waals surface area contributed by atoms with Crippen LogP contribution in [0.1, 0.15) is 19.3 Å². The lowest BCUT2D eigenvalue weighted by Crippen LogP contribution is -2.28. The van der Waals surface area contributed by atoms with Crippen molar-refractivity contribution in [2.75, 3.05) is 23.7 Å². The summed E-state index contributed by atoms with van der Waals surface area (Å²) in [4.78, 5) is 2.44. The van der Waals surface area contributed by atoms with E-state index in [0.29, 0.717) is 0 Å². The van der Waals surface area contributed by atoms with Gasteiger partial charge in [0.1, 0.15) is 0 Å². The zero-order valence-corrected chi connectivity index (χ0v) is 7.94. The maximum Gasteiger partial charge on any atom is 0.0930 e. The van der Waals surface area contributed by atoms with Crippen LogP contribution in [0.25, 0.3) is 0 Å². The van der Waals surface area contributed by atoms with Gasteiger partial charge in [0.15, 0.2) is 0 Å².